The van der Waals surface area contributed by atoms with Gasteiger partial charge in [-0.15, -0.1) is 0 Å². The minimum atomic E-state index is -0.314. The molecule has 1 aliphatic rings. The van der Waals surface area contributed by atoms with Crippen LogP contribution in [-0.4, -0.2) is 22.5 Å². The smallest absolute Gasteiger partial charge is 0.141 e. The lowest BCUT2D eigenvalue weighted by Gasteiger charge is -2.25. The summed E-state index contributed by atoms with van der Waals surface area (Å²) in [6, 6.07) is 4.15. The fourth-order valence-electron chi connectivity index (χ4n) is 2.45. The lowest BCUT2D eigenvalue weighted by Crippen LogP contribution is -2.33. The highest BCUT2D eigenvalue weighted by Gasteiger charge is 2.22. The topological polar surface area (TPSA) is 39.9 Å². The van der Waals surface area contributed by atoms with Gasteiger partial charge in [-0.1, -0.05) is 12.8 Å². The minimum Gasteiger partial charge on any atom is -0.283 e. The van der Waals surface area contributed by atoms with Gasteiger partial charge in [-0.05, 0) is 24.5 Å². The van der Waals surface area contributed by atoms with Gasteiger partial charge in [-0.2, -0.15) is 5.26 Å². The van der Waals surface area contributed by atoms with Crippen molar-refractivity contribution in [2.75, 3.05) is 6.54 Å². The number of hydrogen-bond acceptors (Lipinski definition) is 3. The molecule has 0 aliphatic heterocycles. The minimum absolute atomic E-state index is 0.314. The van der Waals surface area contributed by atoms with E-state index in [1.165, 1.54) is 25.1 Å². The van der Waals surface area contributed by atoms with E-state index >= 15 is 0 Å². The van der Waals surface area contributed by atoms with E-state index in [1.54, 1.807) is 6.20 Å². The Labute approximate surface area is 101 Å². The molecule has 90 valence electrons. The van der Waals surface area contributed by atoms with Gasteiger partial charge in [0.2, 0.25) is 0 Å². The highest BCUT2D eigenvalue weighted by Crippen LogP contribution is 2.24. The molecule has 1 aliphatic carbocycles. The monoisotopic (exact) mass is 233 g/mol. The van der Waals surface area contributed by atoms with Gasteiger partial charge >= 0.3 is 0 Å². The van der Waals surface area contributed by atoms with Crippen LogP contribution >= 0.6 is 0 Å². The first-order chi connectivity index (χ1) is 8.29. The summed E-state index contributed by atoms with van der Waals surface area (Å²) in [5.74, 6) is -0.314. The Hall–Kier alpha value is -1.47. The van der Waals surface area contributed by atoms with Crippen LogP contribution in [0.25, 0.3) is 0 Å². The van der Waals surface area contributed by atoms with E-state index in [0.29, 0.717) is 19.1 Å². The zero-order valence-electron chi connectivity index (χ0n) is 9.77. The second-order valence-electron chi connectivity index (χ2n) is 4.51. The predicted octanol–water partition coefficient (Wildman–Crippen LogP) is 2.49. The van der Waals surface area contributed by atoms with Crippen molar-refractivity contribution in [3.05, 3.63) is 29.8 Å². The van der Waals surface area contributed by atoms with Gasteiger partial charge < -0.3 is 0 Å². The number of rotatable bonds is 4. The van der Waals surface area contributed by atoms with Crippen LogP contribution in [-0.2, 0) is 6.54 Å². The van der Waals surface area contributed by atoms with Crippen LogP contribution in [0.2, 0.25) is 0 Å². The SMILES string of the molecule is N#CCN(Cc1cncc(F)c1)C1CCCC1. The summed E-state index contributed by atoms with van der Waals surface area (Å²) in [5, 5.41) is 8.85. The molecule has 0 bridgehead atoms. The van der Waals surface area contributed by atoms with Gasteiger partial charge in [0.1, 0.15) is 5.82 Å². The first-order valence-corrected chi connectivity index (χ1v) is 6.00. The summed E-state index contributed by atoms with van der Waals surface area (Å²) in [5.41, 5.74) is 0.840. The van der Waals surface area contributed by atoms with Crippen molar-refractivity contribution in [2.24, 2.45) is 0 Å². The standard InChI is InChI=1S/C13H16FN3/c14-12-7-11(8-16-9-12)10-17(6-5-15)13-3-1-2-4-13/h7-9,13H,1-4,6,10H2. The Bertz CT molecular complexity index is 407. The fraction of sp³-hybridized carbons (Fsp3) is 0.538. The molecule has 2 rings (SSSR count). The molecular formula is C13H16FN3. The molecular weight excluding hydrogens is 217 g/mol. The summed E-state index contributed by atoms with van der Waals surface area (Å²) in [7, 11) is 0. The van der Waals surface area contributed by atoms with Gasteiger partial charge in [-0.3, -0.25) is 9.88 Å². The van der Waals surface area contributed by atoms with Crippen LogP contribution in [0.5, 0.6) is 0 Å². The van der Waals surface area contributed by atoms with E-state index in [2.05, 4.69) is 16.0 Å². The number of pyridine rings is 1. The average molecular weight is 233 g/mol. The van der Waals surface area contributed by atoms with Crippen molar-refractivity contribution in [2.45, 2.75) is 38.3 Å². The lowest BCUT2D eigenvalue weighted by atomic mass is 10.1. The number of halogens is 1. The first-order valence-electron chi connectivity index (χ1n) is 6.00. The molecule has 0 saturated heterocycles. The third-order valence-electron chi connectivity index (χ3n) is 3.26. The average Bonchev–Trinajstić information content (AvgIpc) is 2.82. The highest BCUT2D eigenvalue weighted by atomic mass is 19.1. The molecule has 1 saturated carbocycles. The maximum Gasteiger partial charge on any atom is 0.141 e. The molecule has 4 heteroatoms. The lowest BCUT2D eigenvalue weighted by molar-refractivity contribution is 0.213. The molecule has 1 aromatic rings. The molecule has 0 N–H and O–H groups in total. The molecule has 0 atom stereocenters. The second-order valence-corrected chi connectivity index (χ2v) is 4.51. The van der Waals surface area contributed by atoms with E-state index in [4.69, 9.17) is 5.26 Å². The van der Waals surface area contributed by atoms with Crippen LogP contribution in [0.15, 0.2) is 18.5 Å². The number of nitrogens with zero attached hydrogens (tertiary/aromatic N) is 3. The fourth-order valence-corrected chi connectivity index (χ4v) is 2.45. The first kappa shape index (κ1) is 12.0. The van der Waals surface area contributed by atoms with E-state index in [-0.39, 0.29) is 5.82 Å². The maximum atomic E-state index is 13.0. The number of hydrogen-bond donors (Lipinski definition) is 0. The molecule has 1 heterocycles. The van der Waals surface area contributed by atoms with Crippen molar-refractivity contribution in [1.29, 1.82) is 5.26 Å². The summed E-state index contributed by atoms with van der Waals surface area (Å²) >= 11 is 0. The molecule has 3 nitrogen and oxygen atoms in total. The Kier molecular flexibility index (Phi) is 4.05. The van der Waals surface area contributed by atoms with Gasteiger partial charge in [0.05, 0.1) is 18.8 Å². The largest absolute Gasteiger partial charge is 0.283 e. The molecule has 1 aromatic heterocycles. The third kappa shape index (κ3) is 3.24. The van der Waals surface area contributed by atoms with E-state index < -0.39 is 0 Å². The molecule has 1 fully saturated rings. The maximum absolute atomic E-state index is 13.0. The molecule has 17 heavy (non-hydrogen) atoms. The van der Waals surface area contributed by atoms with Crippen LogP contribution < -0.4 is 0 Å². The third-order valence-corrected chi connectivity index (χ3v) is 3.26. The Balaban J connectivity index is 2.04. The number of nitriles is 1. The van der Waals surface area contributed by atoms with Crippen molar-refractivity contribution >= 4 is 0 Å². The Morgan fingerprint density at radius 2 is 2.18 bits per heavy atom. The summed E-state index contributed by atoms with van der Waals surface area (Å²) in [4.78, 5) is 5.97. The van der Waals surface area contributed by atoms with Gasteiger partial charge in [0.25, 0.3) is 0 Å². The summed E-state index contributed by atoms with van der Waals surface area (Å²) in [6.45, 7) is 1.02. The van der Waals surface area contributed by atoms with E-state index in [9.17, 15) is 4.39 Å². The van der Waals surface area contributed by atoms with Crippen LogP contribution in [0.1, 0.15) is 31.2 Å². The normalized spacial score (nSPS) is 16.3. The van der Waals surface area contributed by atoms with Gasteiger partial charge in [0.15, 0.2) is 0 Å². The molecule has 0 radical (unpaired) electrons. The summed E-state index contributed by atoms with van der Waals surface area (Å²) in [6.07, 6.45) is 7.62. The molecule has 0 spiro atoms. The zero-order chi connectivity index (χ0) is 12.1. The van der Waals surface area contributed by atoms with E-state index in [0.717, 1.165) is 18.4 Å². The highest BCUT2D eigenvalue weighted by molar-refractivity contribution is 5.10. The van der Waals surface area contributed by atoms with Crippen molar-refractivity contribution in [1.82, 2.24) is 9.88 Å². The van der Waals surface area contributed by atoms with Crippen molar-refractivity contribution in [3.8, 4) is 6.07 Å². The molecule has 0 aromatic carbocycles. The van der Waals surface area contributed by atoms with Crippen LogP contribution in [0, 0.1) is 17.1 Å². The van der Waals surface area contributed by atoms with Gasteiger partial charge in [-0.25, -0.2) is 4.39 Å². The number of aromatic nitrogens is 1. The van der Waals surface area contributed by atoms with Crippen LogP contribution in [0.4, 0.5) is 4.39 Å². The zero-order valence-corrected chi connectivity index (χ0v) is 9.77. The Morgan fingerprint density at radius 1 is 1.41 bits per heavy atom. The predicted molar refractivity (Wildman–Crippen MR) is 62.5 cm³/mol. The Morgan fingerprint density at radius 3 is 2.82 bits per heavy atom. The van der Waals surface area contributed by atoms with Crippen molar-refractivity contribution < 1.29 is 4.39 Å². The van der Waals surface area contributed by atoms with Gasteiger partial charge in [0, 0.05) is 18.8 Å². The second kappa shape index (κ2) is 5.74. The molecule has 0 unspecified atom stereocenters. The van der Waals surface area contributed by atoms with Crippen LogP contribution in [0.3, 0.4) is 0 Å². The molecule has 0 amide bonds. The van der Waals surface area contributed by atoms with Crippen molar-refractivity contribution in [3.63, 3.8) is 0 Å². The van der Waals surface area contributed by atoms with E-state index in [1.807, 2.05) is 0 Å². The summed E-state index contributed by atoms with van der Waals surface area (Å²) < 4.78 is 13.0. The quantitative estimate of drug-likeness (QED) is 0.750.